The molecule has 0 bridgehead atoms. The number of Topliss-reactive ketones (excluding diaryl/α,β-unsaturated/α-hetero) is 1. The molecule has 646 valence electrons. The third kappa shape index (κ3) is 44.3. The number of rotatable bonds is 24. The van der Waals surface area contributed by atoms with Crippen LogP contribution in [0.5, 0.6) is 0 Å². The minimum atomic E-state index is -3.67. The van der Waals surface area contributed by atoms with Crippen molar-refractivity contribution in [3.05, 3.63) is 37.6 Å². The third-order valence-electron chi connectivity index (χ3n) is 11.8. The number of hydrogen-bond acceptors (Lipinski definition) is 50. The Morgan fingerprint density at radius 2 is 0.766 bits per heavy atom. The molecule has 0 saturated carbocycles. The molecule has 0 aromatic heterocycles. The van der Waals surface area contributed by atoms with E-state index in [1.807, 2.05) is 0 Å². The summed E-state index contributed by atoms with van der Waals surface area (Å²) in [7, 11) is -37.8. The number of esters is 3. The van der Waals surface area contributed by atoms with E-state index in [4.69, 9.17) is 40.5 Å². The molecule has 9 fully saturated rings. The Hall–Kier alpha value is -4.64. The average Bonchev–Trinajstić information content (AvgIpc) is 1.68. The van der Waals surface area contributed by atoms with E-state index < -0.39 is 226 Å². The second-order valence-corrected chi connectivity index (χ2v) is 41.1. The number of phosphoric acid groups is 1. The zero-order valence-corrected chi connectivity index (χ0v) is 69.0. The summed E-state index contributed by atoms with van der Waals surface area (Å²) in [5.41, 5.74) is 0.240. The minimum absolute atomic E-state index is 0.0953. The fraction of sp³-hybridized carbons (Fsp3) is 0.755. The highest BCUT2D eigenvalue weighted by molar-refractivity contribution is 7.89. The van der Waals surface area contributed by atoms with Crippen LogP contribution in [0.25, 0.3) is 0 Å². The predicted molar refractivity (Wildman–Crippen MR) is 365 cm³/mol. The molecule has 0 N–H and O–H groups in total. The van der Waals surface area contributed by atoms with Crippen LogP contribution in [0.3, 0.4) is 0 Å². The van der Waals surface area contributed by atoms with Crippen LogP contribution in [-0.2, 0) is 233 Å². The lowest BCUT2D eigenvalue weighted by Crippen LogP contribution is -2.24. The monoisotopic (exact) mass is 1850 g/mol. The number of ether oxygens (including phenoxy) is 7. The zero-order valence-electron chi connectivity index (χ0n) is 59.0. The van der Waals surface area contributed by atoms with Crippen LogP contribution >= 0.6 is 15.4 Å². The van der Waals surface area contributed by atoms with Crippen LogP contribution in [-0.4, -0.2) is 316 Å². The van der Waals surface area contributed by atoms with Gasteiger partial charge in [0.05, 0.1) is 59.6 Å². The van der Waals surface area contributed by atoms with Gasteiger partial charge in [0.15, 0.2) is 5.78 Å². The third-order valence-corrected chi connectivity index (χ3v) is 27.7. The van der Waals surface area contributed by atoms with E-state index in [0.29, 0.717) is 0 Å². The minimum Gasteiger partial charge on any atom is -0.458 e. The van der Waals surface area contributed by atoms with Crippen molar-refractivity contribution in [2.45, 2.75) is 83.5 Å². The molecular formula is C49H80O50P2S10. The molecule has 9 aliphatic rings. The van der Waals surface area contributed by atoms with E-state index in [1.54, 1.807) is 27.7 Å². The molecule has 62 heteroatoms. The van der Waals surface area contributed by atoms with E-state index >= 15 is 0 Å². The number of carbonyl (C=O) groups is 6. The maximum Gasteiger partial charge on any atom is 0.513 e. The van der Waals surface area contributed by atoms with Gasteiger partial charge in [-0.1, -0.05) is 19.7 Å². The molecule has 8 atom stereocenters. The summed E-state index contributed by atoms with van der Waals surface area (Å²) < 4.78 is 334. The van der Waals surface area contributed by atoms with Gasteiger partial charge in [-0.3, -0.25) is 73.7 Å². The number of hydrogen-bond donors (Lipinski definition) is 0. The Balaban J connectivity index is 0.000000435. The van der Waals surface area contributed by atoms with Gasteiger partial charge in [0.2, 0.25) is 0 Å². The largest absolute Gasteiger partial charge is 0.513 e. The molecule has 0 aromatic carbocycles. The Labute approximate surface area is 641 Å². The Bertz CT molecular complexity index is 4340. The van der Waals surface area contributed by atoms with Gasteiger partial charge in [-0.25, -0.2) is 23.7 Å². The van der Waals surface area contributed by atoms with Crippen LogP contribution in [0.15, 0.2) is 37.6 Å². The summed E-state index contributed by atoms with van der Waals surface area (Å²) in [5, 5.41) is 0. The molecule has 0 amide bonds. The lowest BCUT2D eigenvalue weighted by Gasteiger charge is -2.18. The quantitative estimate of drug-likeness (QED) is 0.0235. The Morgan fingerprint density at radius 3 is 1.04 bits per heavy atom. The van der Waals surface area contributed by atoms with Gasteiger partial charge in [-0.05, 0) is 34.6 Å². The van der Waals surface area contributed by atoms with Crippen molar-refractivity contribution in [1.82, 2.24) is 0 Å². The first-order valence-corrected chi connectivity index (χ1v) is 49.1. The van der Waals surface area contributed by atoms with Gasteiger partial charge in [0.25, 0.3) is 91.1 Å². The zero-order chi connectivity index (χ0) is 84.7. The van der Waals surface area contributed by atoms with E-state index in [0.717, 1.165) is 19.4 Å². The molecule has 111 heavy (non-hydrogen) atoms. The summed E-state index contributed by atoms with van der Waals surface area (Å²) in [4.78, 5) is 64.4. The Morgan fingerprint density at radius 1 is 0.450 bits per heavy atom. The Kier molecular flexibility index (Phi) is 42.8. The molecule has 8 unspecified atom stereocenters. The number of methoxy groups -OCH3 is 1. The molecule has 9 heterocycles. The van der Waals surface area contributed by atoms with Crippen molar-refractivity contribution in [3.8, 4) is 0 Å². The summed E-state index contributed by atoms with van der Waals surface area (Å²) in [5.74, 6) is -5.63. The number of carbonyl (C=O) groups excluding carboxylic acids is 6. The first-order chi connectivity index (χ1) is 51.1. The second-order valence-electron chi connectivity index (χ2n) is 21.5. The summed E-state index contributed by atoms with van der Waals surface area (Å²) in [6.45, 7) is 16.6. The number of phosphoric ester groups is 1. The molecule has 0 radical (unpaired) electrons. The van der Waals surface area contributed by atoms with E-state index in [-0.39, 0.29) is 126 Å². The van der Waals surface area contributed by atoms with Crippen LogP contribution in [0.1, 0.15) is 34.6 Å². The van der Waals surface area contributed by atoms with E-state index in [2.05, 4.69) is 81.1 Å². The highest BCUT2D eigenvalue weighted by Crippen LogP contribution is 2.51. The smallest absolute Gasteiger partial charge is 0.458 e. The molecule has 9 rings (SSSR count). The van der Waals surface area contributed by atoms with Gasteiger partial charge < -0.3 is 42.2 Å². The maximum absolute atomic E-state index is 12.0. The lowest BCUT2D eigenvalue weighted by atomic mass is 10.3. The standard InChI is InChI=1S/C9H17O8PS.C7H15O7PS.C7H10O5S.C6H10O9S3.C6H8O6S.C6H8O5S.C5H8O6S.C3H4O4S/c1-3-14-18(11,15-4-2)6-9(10)17-8-5-16-19(12,13)7-8;1-3-11-15(8,12-4-2)14-7-5-13-16(9,10)6-7;1-5(2)7(8)12-6-3-11-13(9,10)4-6;7-16(14-5-1-12-17(8,9)3-5)15-6-2-13-18(10,11)4-6;1-2-10-6(7)12-5-3-11-13(8,9)4-5;1-2-6(7)11-5-3-10-12(8,9)4-5;1-9-5(6)11-4-2-10-12(7,8)3-4;4-3-1-7-8(5,6)2-3/h8H,3-7H2,1-2H3;7H,3-6H2,1-2H3;6H,1,3-4H2,2H3;5-6H,1-4H2;2,5H,1,3-4H2;2,5H,1,3-4H2;4H,2-3H2,1H3;1-2H2. The maximum atomic E-state index is 12.0. The highest BCUT2D eigenvalue weighted by atomic mass is 32.3. The van der Waals surface area contributed by atoms with E-state index in [1.165, 1.54) is 6.92 Å². The van der Waals surface area contributed by atoms with Gasteiger partial charge >= 0.3 is 57.0 Å². The number of ketones is 1. The van der Waals surface area contributed by atoms with Crippen LogP contribution in [0.2, 0.25) is 0 Å². The lowest BCUT2D eigenvalue weighted by molar-refractivity contribution is -0.146. The summed E-state index contributed by atoms with van der Waals surface area (Å²) >= 11 is -2.25. The predicted octanol–water partition coefficient (Wildman–Crippen LogP) is -2.80. The molecule has 0 aliphatic carbocycles. The van der Waals surface area contributed by atoms with Gasteiger partial charge in [0.1, 0.15) is 146 Å². The van der Waals surface area contributed by atoms with Gasteiger partial charge in [-0.15, -0.1) is 0 Å². The molecule has 0 spiro atoms. The van der Waals surface area contributed by atoms with Crippen LogP contribution in [0, 0.1) is 0 Å². The first-order valence-electron chi connectivity index (χ1n) is 30.8. The van der Waals surface area contributed by atoms with Gasteiger partial charge in [0, 0.05) is 11.6 Å². The summed E-state index contributed by atoms with van der Waals surface area (Å²) in [6, 6.07) is 0. The molecular weight excluding hydrogens is 1770 g/mol. The van der Waals surface area contributed by atoms with Crippen molar-refractivity contribution < 1.29 is 220 Å². The molecule has 9 aliphatic heterocycles. The van der Waals surface area contributed by atoms with Crippen molar-refractivity contribution in [2.75, 3.05) is 151 Å². The fourth-order valence-corrected chi connectivity index (χ4v) is 20.8. The van der Waals surface area contributed by atoms with Crippen molar-refractivity contribution in [2.24, 2.45) is 0 Å². The van der Waals surface area contributed by atoms with Crippen LogP contribution in [0.4, 0.5) is 9.59 Å². The van der Waals surface area contributed by atoms with Gasteiger partial charge in [-0.2, -0.15) is 80.0 Å². The average molecular weight is 1850 g/mol. The van der Waals surface area contributed by atoms with E-state index in [9.17, 15) is 118 Å². The first kappa shape index (κ1) is 102. The van der Waals surface area contributed by atoms with Crippen molar-refractivity contribution >= 4 is 154 Å². The van der Waals surface area contributed by atoms with Crippen LogP contribution < -0.4 is 0 Å². The fourth-order valence-electron chi connectivity index (χ4n) is 7.60. The topological polar surface area (TPSA) is 673 Å². The molecule has 50 nitrogen and oxygen atoms in total. The normalized spacial score (nSPS) is 26.7. The van der Waals surface area contributed by atoms with Crippen molar-refractivity contribution in [1.29, 1.82) is 0 Å². The highest BCUT2D eigenvalue weighted by Gasteiger charge is 2.41. The molecule has 0 aromatic rings. The SMILES string of the molecule is C=C(C)C(=O)OC1COS(=O)(=O)C1.C=CC(=O)OC1COS(=O)(=O)C1.C=COC(=O)OC1COS(=O)(=O)C1.CCOP(=O)(CC(=O)OC1COS(=O)(=O)C1)OCC.CCOP(=O)(OCC)OC1COS(=O)(=O)C1.COC(=O)OC1COS(=O)(=O)C1.O=C1COS(=O)(=O)C1.O=S(OC1COS(=O)(=O)C1)OC1COS(=O)(=O)C1. The second kappa shape index (κ2) is 46.3. The summed E-state index contributed by atoms with van der Waals surface area (Å²) in [6.07, 6.45) is -6.98. The van der Waals surface area contributed by atoms with Crippen molar-refractivity contribution in [3.63, 3.8) is 0 Å². The molecule has 9 saturated heterocycles.